The number of rotatable bonds is 6. The van der Waals surface area contributed by atoms with Gasteiger partial charge in [0.15, 0.2) is 0 Å². The van der Waals surface area contributed by atoms with E-state index in [1.807, 2.05) is 18.2 Å². The van der Waals surface area contributed by atoms with Gasteiger partial charge >= 0.3 is 0 Å². The Kier molecular flexibility index (Phi) is 4.71. The first-order valence-electron chi connectivity index (χ1n) is 6.73. The number of hydrogen-bond donors (Lipinski definition) is 2. The number of nitrogens with one attached hydrogen (secondary N) is 2. The van der Waals surface area contributed by atoms with Crippen molar-refractivity contribution in [3.05, 3.63) is 58.1 Å². The van der Waals surface area contributed by atoms with Gasteiger partial charge in [0, 0.05) is 13.6 Å². The molecule has 1 atom stereocenters. The third kappa shape index (κ3) is 3.92. The summed E-state index contributed by atoms with van der Waals surface area (Å²) in [7, 11) is 1.68. The second-order valence-electron chi connectivity index (χ2n) is 4.80. The van der Waals surface area contributed by atoms with Crippen molar-refractivity contribution in [2.24, 2.45) is 0 Å². The molecular formula is C15H18N4O2. The van der Waals surface area contributed by atoms with Gasteiger partial charge in [-0.2, -0.15) is 0 Å². The smallest absolute Gasteiger partial charge is 0.276 e. The summed E-state index contributed by atoms with van der Waals surface area (Å²) >= 11 is 0. The van der Waals surface area contributed by atoms with Crippen LogP contribution < -0.4 is 10.6 Å². The Labute approximate surface area is 123 Å². The Morgan fingerprint density at radius 1 is 1.24 bits per heavy atom. The monoisotopic (exact) mass is 286 g/mol. The van der Waals surface area contributed by atoms with Crippen LogP contribution in [-0.4, -0.2) is 23.5 Å². The highest BCUT2D eigenvalue weighted by atomic mass is 16.6. The second-order valence-corrected chi connectivity index (χ2v) is 4.80. The molecule has 110 valence electrons. The third-order valence-corrected chi connectivity index (χ3v) is 3.24. The molecule has 0 aliphatic rings. The largest absolute Gasteiger partial charge is 0.373 e. The summed E-state index contributed by atoms with van der Waals surface area (Å²) in [6.45, 7) is 2.75. The summed E-state index contributed by atoms with van der Waals surface area (Å²) in [6.07, 6.45) is 0. The number of nitrogens with zero attached hydrogens (tertiary/aromatic N) is 2. The molecule has 0 bridgehead atoms. The maximum absolute atomic E-state index is 10.9. The van der Waals surface area contributed by atoms with Gasteiger partial charge < -0.3 is 10.6 Å². The van der Waals surface area contributed by atoms with E-state index in [4.69, 9.17) is 0 Å². The van der Waals surface area contributed by atoms with Crippen molar-refractivity contribution in [3.8, 4) is 0 Å². The molecule has 0 saturated carbocycles. The fourth-order valence-electron chi connectivity index (χ4n) is 2.00. The lowest BCUT2D eigenvalue weighted by atomic mass is 10.0. The molecule has 1 aromatic carbocycles. The van der Waals surface area contributed by atoms with Gasteiger partial charge in [0.25, 0.3) is 5.69 Å². The fraction of sp³-hybridized carbons (Fsp3) is 0.267. The predicted molar refractivity (Wildman–Crippen MR) is 83.8 cm³/mol. The Hall–Kier alpha value is -2.63. The Morgan fingerprint density at radius 3 is 2.52 bits per heavy atom. The van der Waals surface area contributed by atoms with Crippen LogP contribution in [0.3, 0.4) is 0 Å². The Morgan fingerprint density at radius 2 is 1.90 bits per heavy atom. The van der Waals surface area contributed by atoms with Crippen LogP contribution in [0, 0.1) is 10.1 Å². The van der Waals surface area contributed by atoms with Gasteiger partial charge in [0.05, 0.1) is 17.1 Å². The number of pyridine rings is 1. The molecule has 2 aromatic rings. The van der Waals surface area contributed by atoms with Crippen molar-refractivity contribution in [1.82, 2.24) is 4.98 Å². The number of aromatic nitrogens is 1. The van der Waals surface area contributed by atoms with Crippen molar-refractivity contribution < 1.29 is 4.92 Å². The van der Waals surface area contributed by atoms with Crippen molar-refractivity contribution in [2.45, 2.75) is 12.8 Å². The van der Waals surface area contributed by atoms with Crippen LogP contribution >= 0.6 is 0 Å². The number of benzene rings is 1. The molecule has 1 aromatic heterocycles. The minimum absolute atomic E-state index is 0.0178. The lowest BCUT2D eigenvalue weighted by molar-refractivity contribution is -0.384. The molecule has 6 heteroatoms. The van der Waals surface area contributed by atoms with E-state index in [1.54, 1.807) is 7.05 Å². The fourth-order valence-corrected chi connectivity index (χ4v) is 2.00. The van der Waals surface area contributed by atoms with Crippen LogP contribution in [0.15, 0.2) is 42.5 Å². The molecular weight excluding hydrogens is 268 g/mol. The van der Waals surface area contributed by atoms with Crippen molar-refractivity contribution >= 4 is 17.3 Å². The molecule has 1 heterocycles. The normalized spacial score (nSPS) is 11.7. The first-order chi connectivity index (χ1) is 10.1. The minimum Gasteiger partial charge on any atom is -0.373 e. The summed E-state index contributed by atoms with van der Waals surface area (Å²) in [6, 6.07) is 12.9. The molecule has 1 unspecified atom stereocenters. The van der Waals surface area contributed by atoms with Gasteiger partial charge in [-0.15, -0.1) is 0 Å². The van der Waals surface area contributed by atoms with E-state index < -0.39 is 4.92 Å². The molecule has 6 nitrogen and oxygen atoms in total. The molecule has 2 rings (SSSR count). The minimum atomic E-state index is -0.422. The summed E-state index contributed by atoms with van der Waals surface area (Å²) in [5.74, 6) is 1.25. The van der Waals surface area contributed by atoms with Gasteiger partial charge in [0.1, 0.15) is 11.6 Å². The zero-order chi connectivity index (χ0) is 15.2. The van der Waals surface area contributed by atoms with Gasteiger partial charge in [-0.05, 0) is 11.5 Å². The van der Waals surface area contributed by atoms with E-state index in [0.717, 1.165) is 0 Å². The van der Waals surface area contributed by atoms with Gasteiger partial charge in [-0.3, -0.25) is 10.1 Å². The zero-order valence-corrected chi connectivity index (χ0v) is 12.0. The van der Waals surface area contributed by atoms with Gasteiger partial charge in [-0.25, -0.2) is 4.98 Å². The summed E-state index contributed by atoms with van der Waals surface area (Å²) in [5, 5.41) is 16.9. The molecule has 0 fully saturated rings. The van der Waals surface area contributed by atoms with E-state index in [9.17, 15) is 10.1 Å². The maximum Gasteiger partial charge on any atom is 0.276 e. The molecule has 0 radical (unpaired) electrons. The molecule has 0 spiro atoms. The van der Waals surface area contributed by atoms with E-state index in [0.29, 0.717) is 18.2 Å². The van der Waals surface area contributed by atoms with Crippen LogP contribution in [-0.2, 0) is 0 Å². The molecule has 0 amide bonds. The standard InChI is InChI=1S/C15H18N4O2/c1-11(12-6-4-3-5-7-12)10-17-15-9-13(19(20)21)8-14(16-2)18-15/h3-9,11H,10H2,1-2H3,(H2,16,17,18). The van der Waals surface area contributed by atoms with Gasteiger partial charge in [0.2, 0.25) is 0 Å². The van der Waals surface area contributed by atoms with Gasteiger partial charge in [-0.1, -0.05) is 37.3 Å². The summed E-state index contributed by atoms with van der Waals surface area (Å²) in [5.41, 5.74) is 1.23. The lowest BCUT2D eigenvalue weighted by Gasteiger charge is -2.14. The Balaban J connectivity index is 2.09. The quantitative estimate of drug-likeness (QED) is 0.629. The number of hydrogen-bond acceptors (Lipinski definition) is 5. The van der Waals surface area contributed by atoms with Crippen LogP contribution in [0.25, 0.3) is 0 Å². The highest BCUT2D eigenvalue weighted by Gasteiger charge is 2.11. The first kappa shape index (κ1) is 14.8. The highest BCUT2D eigenvalue weighted by molar-refractivity contribution is 5.54. The summed E-state index contributed by atoms with van der Waals surface area (Å²) < 4.78 is 0. The van der Waals surface area contributed by atoms with Crippen LogP contribution in [0.4, 0.5) is 17.3 Å². The molecule has 0 saturated heterocycles. The third-order valence-electron chi connectivity index (χ3n) is 3.24. The van der Waals surface area contributed by atoms with Crippen molar-refractivity contribution in [2.75, 3.05) is 24.2 Å². The van der Waals surface area contributed by atoms with E-state index in [-0.39, 0.29) is 11.6 Å². The van der Waals surface area contributed by atoms with E-state index in [1.165, 1.54) is 17.7 Å². The van der Waals surface area contributed by atoms with Crippen LogP contribution in [0.1, 0.15) is 18.4 Å². The van der Waals surface area contributed by atoms with Crippen molar-refractivity contribution in [3.63, 3.8) is 0 Å². The molecule has 0 aliphatic heterocycles. The average Bonchev–Trinajstić information content (AvgIpc) is 2.53. The van der Waals surface area contributed by atoms with Crippen LogP contribution in [0.5, 0.6) is 0 Å². The maximum atomic E-state index is 10.9. The Bertz CT molecular complexity index is 616. The molecule has 2 N–H and O–H groups in total. The molecule has 21 heavy (non-hydrogen) atoms. The number of nitro groups is 1. The predicted octanol–water partition coefficient (Wildman–Crippen LogP) is 3.25. The van der Waals surface area contributed by atoms with Crippen molar-refractivity contribution in [1.29, 1.82) is 0 Å². The highest BCUT2D eigenvalue weighted by Crippen LogP contribution is 2.21. The average molecular weight is 286 g/mol. The number of anilines is 2. The van der Waals surface area contributed by atoms with Crippen LogP contribution in [0.2, 0.25) is 0 Å². The lowest BCUT2D eigenvalue weighted by Crippen LogP contribution is -2.11. The van der Waals surface area contributed by atoms with E-state index >= 15 is 0 Å². The zero-order valence-electron chi connectivity index (χ0n) is 12.0. The second kappa shape index (κ2) is 6.69. The molecule has 0 aliphatic carbocycles. The summed E-state index contributed by atoms with van der Waals surface area (Å²) in [4.78, 5) is 14.8. The SMILES string of the molecule is CNc1cc([N+](=O)[O-])cc(NCC(C)c2ccccc2)n1. The topological polar surface area (TPSA) is 80.1 Å². The van der Waals surface area contributed by atoms with E-state index in [2.05, 4.69) is 34.7 Å². The first-order valence-corrected chi connectivity index (χ1v) is 6.73.